The molecule has 0 aliphatic rings. The minimum atomic E-state index is -0.0568. The molecule has 0 bridgehead atoms. The van der Waals surface area contributed by atoms with E-state index in [1.807, 2.05) is 0 Å². The van der Waals surface area contributed by atoms with Gasteiger partial charge >= 0.3 is 0 Å². The molecule has 1 heterocycles. The first-order valence-electron chi connectivity index (χ1n) is 6.51. The number of nitrogens with zero attached hydrogens (tertiary/aromatic N) is 2. The molecule has 1 aromatic heterocycles. The van der Waals surface area contributed by atoms with Crippen molar-refractivity contribution in [3.63, 3.8) is 0 Å². The number of hydrogen-bond acceptors (Lipinski definition) is 4. The highest BCUT2D eigenvalue weighted by Gasteiger charge is 2.21. The summed E-state index contributed by atoms with van der Waals surface area (Å²) in [6, 6.07) is 6.23. The maximum atomic E-state index is 5.33. The van der Waals surface area contributed by atoms with Crippen LogP contribution in [0, 0.1) is 6.92 Å². The van der Waals surface area contributed by atoms with Crippen LogP contribution in [0.25, 0.3) is 0 Å². The fourth-order valence-electron chi connectivity index (χ4n) is 2.12. The molecule has 0 saturated carbocycles. The number of aromatic nitrogens is 2. The first-order chi connectivity index (χ1) is 9.67. The molecule has 1 N–H and O–H groups in total. The van der Waals surface area contributed by atoms with E-state index in [1.165, 1.54) is 5.56 Å². The minimum absolute atomic E-state index is 0.0568. The molecule has 2 aromatic rings. The van der Waals surface area contributed by atoms with E-state index in [0.29, 0.717) is 5.88 Å². The third kappa shape index (κ3) is 3.16. The lowest BCUT2D eigenvalue weighted by atomic mass is 10.0. The highest BCUT2D eigenvalue weighted by Crippen LogP contribution is 2.31. The predicted octanol–water partition coefficient (Wildman–Crippen LogP) is 3.26. The zero-order valence-corrected chi connectivity index (χ0v) is 13.4. The van der Waals surface area contributed by atoms with E-state index in [2.05, 4.69) is 63.3 Å². The van der Waals surface area contributed by atoms with Crippen molar-refractivity contribution in [3.05, 3.63) is 51.9 Å². The fourth-order valence-corrected chi connectivity index (χ4v) is 2.84. The lowest BCUT2D eigenvalue weighted by molar-refractivity contribution is 0.383. The predicted molar refractivity (Wildman–Crippen MR) is 83.0 cm³/mol. The SMILES string of the molecule is CCNC(c1ccc(C)cc1Br)c1nccnc1OC. The van der Waals surface area contributed by atoms with Crippen LogP contribution in [-0.4, -0.2) is 23.6 Å². The van der Waals surface area contributed by atoms with E-state index < -0.39 is 0 Å². The van der Waals surface area contributed by atoms with Crippen LogP contribution < -0.4 is 10.1 Å². The molecule has 0 fully saturated rings. The summed E-state index contributed by atoms with van der Waals surface area (Å²) < 4.78 is 6.38. The molecule has 106 valence electrons. The molecule has 5 heteroatoms. The first-order valence-corrected chi connectivity index (χ1v) is 7.31. The average molecular weight is 336 g/mol. The molecule has 20 heavy (non-hydrogen) atoms. The lowest BCUT2D eigenvalue weighted by Crippen LogP contribution is -2.24. The van der Waals surface area contributed by atoms with Crippen molar-refractivity contribution < 1.29 is 4.74 Å². The Bertz CT molecular complexity index is 589. The van der Waals surface area contributed by atoms with Gasteiger partial charge in [0, 0.05) is 16.9 Å². The Morgan fingerprint density at radius 3 is 2.70 bits per heavy atom. The monoisotopic (exact) mass is 335 g/mol. The summed E-state index contributed by atoms with van der Waals surface area (Å²) in [7, 11) is 1.61. The molecule has 2 rings (SSSR count). The Morgan fingerprint density at radius 2 is 2.05 bits per heavy atom. The molecule has 1 atom stereocenters. The van der Waals surface area contributed by atoms with E-state index in [-0.39, 0.29) is 6.04 Å². The number of hydrogen-bond donors (Lipinski definition) is 1. The van der Waals surface area contributed by atoms with Gasteiger partial charge in [-0.05, 0) is 30.7 Å². The summed E-state index contributed by atoms with van der Waals surface area (Å²) in [6.07, 6.45) is 3.32. The van der Waals surface area contributed by atoms with Gasteiger partial charge in [-0.2, -0.15) is 0 Å². The maximum Gasteiger partial charge on any atom is 0.237 e. The van der Waals surface area contributed by atoms with Gasteiger partial charge in [0.1, 0.15) is 5.69 Å². The average Bonchev–Trinajstić information content (AvgIpc) is 2.45. The van der Waals surface area contributed by atoms with Crippen LogP contribution in [0.5, 0.6) is 5.88 Å². The molecule has 0 aliphatic carbocycles. The molecule has 1 aromatic carbocycles. The third-order valence-corrected chi connectivity index (χ3v) is 3.72. The third-order valence-electron chi connectivity index (χ3n) is 3.03. The van der Waals surface area contributed by atoms with Gasteiger partial charge in [0.25, 0.3) is 0 Å². The molecular formula is C15H18BrN3O. The Hall–Kier alpha value is -1.46. The Morgan fingerprint density at radius 1 is 1.30 bits per heavy atom. The van der Waals surface area contributed by atoms with Gasteiger partial charge in [-0.15, -0.1) is 0 Å². The summed E-state index contributed by atoms with van der Waals surface area (Å²) in [4.78, 5) is 8.67. The van der Waals surface area contributed by atoms with Gasteiger partial charge in [-0.1, -0.05) is 35.0 Å². The van der Waals surface area contributed by atoms with Crippen LogP contribution in [0.2, 0.25) is 0 Å². The molecule has 0 amide bonds. The molecule has 4 nitrogen and oxygen atoms in total. The quantitative estimate of drug-likeness (QED) is 0.910. The number of nitrogens with one attached hydrogen (secondary N) is 1. The molecule has 0 aliphatic heterocycles. The van der Waals surface area contributed by atoms with E-state index in [1.54, 1.807) is 19.5 Å². The van der Waals surface area contributed by atoms with Gasteiger partial charge in [-0.3, -0.25) is 4.98 Å². The highest BCUT2D eigenvalue weighted by molar-refractivity contribution is 9.10. The molecule has 1 unspecified atom stereocenters. The summed E-state index contributed by atoms with van der Waals surface area (Å²) in [5.74, 6) is 0.547. The van der Waals surface area contributed by atoms with E-state index in [0.717, 1.165) is 22.3 Å². The fraction of sp³-hybridized carbons (Fsp3) is 0.333. The van der Waals surface area contributed by atoms with Crippen LogP contribution in [0.15, 0.2) is 35.1 Å². The number of benzene rings is 1. The topological polar surface area (TPSA) is 47.0 Å². The van der Waals surface area contributed by atoms with Gasteiger partial charge in [0.15, 0.2) is 0 Å². The van der Waals surface area contributed by atoms with Gasteiger partial charge in [-0.25, -0.2) is 4.98 Å². The zero-order valence-electron chi connectivity index (χ0n) is 11.9. The first kappa shape index (κ1) is 14.9. The number of methoxy groups -OCH3 is 1. The molecular weight excluding hydrogens is 318 g/mol. The van der Waals surface area contributed by atoms with Crippen LogP contribution in [-0.2, 0) is 0 Å². The van der Waals surface area contributed by atoms with E-state index >= 15 is 0 Å². The Kier molecular flexibility index (Phi) is 5.09. The van der Waals surface area contributed by atoms with Crippen molar-refractivity contribution in [1.29, 1.82) is 0 Å². The van der Waals surface area contributed by atoms with Crippen LogP contribution in [0.1, 0.15) is 29.8 Å². The van der Waals surface area contributed by atoms with Crippen molar-refractivity contribution in [2.75, 3.05) is 13.7 Å². The van der Waals surface area contributed by atoms with Gasteiger partial charge in [0.05, 0.1) is 13.2 Å². The number of halogens is 1. The summed E-state index contributed by atoms with van der Waals surface area (Å²) in [5, 5.41) is 3.44. The van der Waals surface area contributed by atoms with Crippen LogP contribution in [0.3, 0.4) is 0 Å². The number of ether oxygens (including phenoxy) is 1. The van der Waals surface area contributed by atoms with Crippen LogP contribution >= 0.6 is 15.9 Å². The second kappa shape index (κ2) is 6.81. The van der Waals surface area contributed by atoms with Crippen molar-refractivity contribution in [3.8, 4) is 5.88 Å². The second-order valence-corrected chi connectivity index (χ2v) is 5.32. The molecule has 0 radical (unpaired) electrons. The summed E-state index contributed by atoms with van der Waals surface area (Å²) >= 11 is 3.63. The standard InChI is InChI=1S/C15H18BrN3O/c1-4-17-13(11-6-5-10(2)9-12(11)16)14-15(20-3)19-8-7-18-14/h5-9,13,17H,4H2,1-3H3. The lowest BCUT2D eigenvalue weighted by Gasteiger charge is -2.20. The normalized spacial score (nSPS) is 12.2. The minimum Gasteiger partial charge on any atom is -0.480 e. The molecule has 0 spiro atoms. The number of rotatable bonds is 5. The second-order valence-electron chi connectivity index (χ2n) is 4.47. The smallest absolute Gasteiger partial charge is 0.237 e. The highest BCUT2D eigenvalue weighted by atomic mass is 79.9. The Labute approximate surface area is 127 Å². The van der Waals surface area contributed by atoms with Crippen molar-refractivity contribution in [2.45, 2.75) is 19.9 Å². The van der Waals surface area contributed by atoms with Gasteiger partial charge < -0.3 is 10.1 Å². The van der Waals surface area contributed by atoms with Crippen molar-refractivity contribution >= 4 is 15.9 Å². The summed E-state index contributed by atoms with van der Waals surface area (Å²) in [6.45, 7) is 4.96. The van der Waals surface area contributed by atoms with Crippen molar-refractivity contribution in [2.24, 2.45) is 0 Å². The van der Waals surface area contributed by atoms with Gasteiger partial charge in [0.2, 0.25) is 5.88 Å². The van der Waals surface area contributed by atoms with Crippen LogP contribution in [0.4, 0.5) is 0 Å². The summed E-state index contributed by atoms with van der Waals surface area (Å²) in [5.41, 5.74) is 3.12. The largest absolute Gasteiger partial charge is 0.480 e. The Balaban J connectivity index is 2.50. The molecule has 0 saturated heterocycles. The number of aryl methyl sites for hydroxylation is 1. The van der Waals surface area contributed by atoms with E-state index in [4.69, 9.17) is 4.74 Å². The zero-order chi connectivity index (χ0) is 14.5. The maximum absolute atomic E-state index is 5.33. The van der Waals surface area contributed by atoms with Crippen molar-refractivity contribution in [1.82, 2.24) is 15.3 Å². The van der Waals surface area contributed by atoms with E-state index in [9.17, 15) is 0 Å².